The number of halogens is 1. The number of likely N-dealkylation sites (tertiary alicyclic amines) is 1. The van der Waals surface area contributed by atoms with Gasteiger partial charge in [-0.15, -0.1) is 12.4 Å². The summed E-state index contributed by atoms with van der Waals surface area (Å²) in [7, 11) is 0. The van der Waals surface area contributed by atoms with Gasteiger partial charge in [0.15, 0.2) is 0 Å². The Balaban J connectivity index is 0.00000180. The van der Waals surface area contributed by atoms with E-state index in [9.17, 15) is 4.79 Å². The van der Waals surface area contributed by atoms with Crippen LogP contribution < -0.4 is 5.32 Å². The first-order valence-electron chi connectivity index (χ1n) is 9.71. The smallest absolute Gasteiger partial charge is 0.259 e. The summed E-state index contributed by atoms with van der Waals surface area (Å²) in [6.45, 7) is 7.74. The van der Waals surface area contributed by atoms with Crippen LogP contribution >= 0.6 is 12.4 Å². The van der Waals surface area contributed by atoms with Crippen molar-refractivity contribution in [3.05, 3.63) is 23.0 Å². The standard InChI is InChI=1S/C19H25N5O2.ClH/c1-12-17-15(10-16(13-2-3-13)21-18(17)26-22-12)19(25)24-7-4-14(11-24)23-8-5-20-6-9-23;/h10,13-14,20H,2-9,11H2,1H3;1H. The molecule has 4 heterocycles. The van der Waals surface area contributed by atoms with Crippen molar-refractivity contribution in [1.82, 2.24) is 25.3 Å². The minimum Gasteiger partial charge on any atom is -0.337 e. The Morgan fingerprint density at radius 2 is 2.00 bits per heavy atom. The average molecular weight is 392 g/mol. The molecule has 1 unspecified atom stereocenters. The molecule has 0 spiro atoms. The lowest BCUT2D eigenvalue weighted by molar-refractivity contribution is 0.0775. The molecule has 3 fully saturated rings. The number of carbonyl (C=O) groups excluding carboxylic acids is 1. The second-order valence-electron chi connectivity index (χ2n) is 7.80. The zero-order chi connectivity index (χ0) is 17.7. The van der Waals surface area contributed by atoms with E-state index in [1.165, 1.54) is 0 Å². The highest BCUT2D eigenvalue weighted by molar-refractivity contribution is 6.06. The summed E-state index contributed by atoms with van der Waals surface area (Å²) in [5, 5.41) is 8.23. The van der Waals surface area contributed by atoms with E-state index in [-0.39, 0.29) is 18.3 Å². The van der Waals surface area contributed by atoms with Crippen LogP contribution in [0.3, 0.4) is 0 Å². The fourth-order valence-corrected chi connectivity index (χ4v) is 4.31. The van der Waals surface area contributed by atoms with Gasteiger partial charge < -0.3 is 14.7 Å². The summed E-state index contributed by atoms with van der Waals surface area (Å²) >= 11 is 0. The zero-order valence-corrected chi connectivity index (χ0v) is 16.4. The van der Waals surface area contributed by atoms with Crippen molar-refractivity contribution in [2.45, 2.75) is 38.1 Å². The quantitative estimate of drug-likeness (QED) is 0.862. The molecule has 5 rings (SSSR count). The SMILES string of the molecule is Cc1noc2nc(C3CC3)cc(C(=O)N3CCC(N4CCNCC4)C3)c12.Cl. The van der Waals surface area contributed by atoms with Crippen LogP contribution in [-0.2, 0) is 0 Å². The van der Waals surface area contributed by atoms with Gasteiger partial charge in [-0.05, 0) is 32.3 Å². The minimum atomic E-state index is 0. The minimum absolute atomic E-state index is 0. The number of piperazine rings is 1. The van der Waals surface area contributed by atoms with Crippen LogP contribution in [0, 0.1) is 6.92 Å². The van der Waals surface area contributed by atoms with E-state index in [0.29, 0.717) is 17.7 Å². The number of fused-ring (bicyclic) bond motifs is 1. The number of nitrogens with one attached hydrogen (secondary N) is 1. The van der Waals surface area contributed by atoms with Gasteiger partial charge in [-0.3, -0.25) is 9.69 Å². The van der Waals surface area contributed by atoms with Gasteiger partial charge in [-0.2, -0.15) is 0 Å². The van der Waals surface area contributed by atoms with E-state index < -0.39 is 0 Å². The monoisotopic (exact) mass is 391 g/mol. The molecule has 0 bridgehead atoms. The molecule has 27 heavy (non-hydrogen) atoms. The van der Waals surface area contributed by atoms with Crippen LogP contribution in [0.15, 0.2) is 10.6 Å². The number of amides is 1. The highest BCUT2D eigenvalue weighted by Crippen LogP contribution is 2.40. The molecule has 8 heteroatoms. The Morgan fingerprint density at radius 1 is 1.22 bits per heavy atom. The first kappa shape index (κ1) is 18.7. The van der Waals surface area contributed by atoms with Gasteiger partial charge in [-0.1, -0.05) is 5.16 Å². The van der Waals surface area contributed by atoms with E-state index in [4.69, 9.17) is 4.52 Å². The fourth-order valence-electron chi connectivity index (χ4n) is 4.31. The summed E-state index contributed by atoms with van der Waals surface area (Å²) in [6.07, 6.45) is 3.35. The summed E-state index contributed by atoms with van der Waals surface area (Å²) in [5.41, 5.74) is 2.95. The summed E-state index contributed by atoms with van der Waals surface area (Å²) in [4.78, 5) is 22.5. The first-order chi connectivity index (χ1) is 12.7. The van der Waals surface area contributed by atoms with Gasteiger partial charge in [0.05, 0.1) is 16.6 Å². The van der Waals surface area contributed by atoms with Crippen molar-refractivity contribution in [3.63, 3.8) is 0 Å². The van der Waals surface area contributed by atoms with Gasteiger partial charge in [0.1, 0.15) is 0 Å². The van der Waals surface area contributed by atoms with Crippen molar-refractivity contribution in [2.75, 3.05) is 39.3 Å². The third-order valence-corrected chi connectivity index (χ3v) is 5.98. The lowest BCUT2D eigenvalue weighted by Crippen LogP contribution is -2.49. The summed E-state index contributed by atoms with van der Waals surface area (Å²) in [6, 6.07) is 2.47. The van der Waals surface area contributed by atoms with E-state index in [1.807, 2.05) is 17.9 Å². The van der Waals surface area contributed by atoms with Crippen molar-refractivity contribution < 1.29 is 9.32 Å². The van der Waals surface area contributed by atoms with Crippen LogP contribution in [0.4, 0.5) is 0 Å². The second kappa shape index (κ2) is 7.37. The van der Waals surface area contributed by atoms with E-state index in [0.717, 1.165) is 80.9 Å². The number of nitrogens with zero attached hydrogens (tertiary/aromatic N) is 4. The van der Waals surface area contributed by atoms with Crippen molar-refractivity contribution >= 4 is 29.4 Å². The third kappa shape index (κ3) is 3.44. The predicted octanol–water partition coefficient (Wildman–Crippen LogP) is 1.95. The topological polar surface area (TPSA) is 74.5 Å². The van der Waals surface area contributed by atoms with Gasteiger partial charge in [0, 0.05) is 56.9 Å². The number of carbonyl (C=O) groups is 1. The molecule has 3 aliphatic rings. The summed E-state index contributed by atoms with van der Waals surface area (Å²) in [5.74, 6) is 0.576. The fraction of sp³-hybridized carbons (Fsp3) is 0.632. The average Bonchev–Trinajstić information content (AvgIpc) is 3.30. The molecule has 1 N–H and O–H groups in total. The van der Waals surface area contributed by atoms with Gasteiger partial charge in [0.2, 0.25) is 0 Å². The molecular weight excluding hydrogens is 366 g/mol. The maximum absolute atomic E-state index is 13.3. The molecule has 2 saturated heterocycles. The van der Waals surface area contributed by atoms with Crippen molar-refractivity contribution in [3.8, 4) is 0 Å². The van der Waals surface area contributed by atoms with E-state index in [2.05, 4.69) is 20.4 Å². The normalized spacial score (nSPS) is 23.6. The number of pyridine rings is 1. The molecule has 146 valence electrons. The molecule has 2 aromatic rings. The molecule has 2 aromatic heterocycles. The largest absolute Gasteiger partial charge is 0.337 e. The molecule has 1 saturated carbocycles. The van der Waals surface area contributed by atoms with Gasteiger partial charge in [0.25, 0.3) is 11.6 Å². The Labute approximate surface area is 164 Å². The molecule has 1 amide bonds. The van der Waals surface area contributed by atoms with Crippen LogP contribution in [0.1, 0.15) is 46.9 Å². The number of hydrogen-bond donors (Lipinski definition) is 1. The zero-order valence-electron chi connectivity index (χ0n) is 15.6. The number of aryl methyl sites for hydroxylation is 1. The lowest BCUT2D eigenvalue weighted by atomic mass is 10.1. The third-order valence-electron chi connectivity index (χ3n) is 5.98. The van der Waals surface area contributed by atoms with E-state index in [1.54, 1.807) is 0 Å². The Bertz CT molecular complexity index is 844. The number of aromatic nitrogens is 2. The molecule has 0 aromatic carbocycles. The Morgan fingerprint density at radius 3 is 2.74 bits per heavy atom. The highest BCUT2D eigenvalue weighted by Gasteiger charge is 2.34. The second-order valence-corrected chi connectivity index (χ2v) is 7.80. The predicted molar refractivity (Wildman–Crippen MR) is 105 cm³/mol. The summed E-state index contributed by atoms with van der Waals surface area (Å²) < 4.78 is 5.39. The lowest BCUT2D eigenvalue weighted by Gasteiger charge is -2.32. The maximum atomic E-state index is 13.3. The van der Waals surface area contributed by atoms with Crippen LogP contribution in [-0.4, -0.2) is 71.2 Å². The molecular formula is C19H26ClN5O2. The van der Waals surface area contributed by atoms with Crippen LogP contribution in [0.2, 0.25) is 0 Å². The number of rotatable bonds is 3. The Hall–Kier alpha value is -1.70. The van der Waals surface area contributed by atoms with Crippen molar-refractivity contribution in [2.24, 2.45) is 0 Å². The molecule has 0 radical (unpaired) electrons. The van der Waals surface area contributed by atoms with Crippen molar-refractivity contribution in [1.29, 1.82) is 0 Å². The van der Waals surface area contributed by atoms with Crippen LogP contribution in [0.25, 0.3) is 11.1 Å². The first-order valence-corrected chi connectivity index (χ1v) is 9.71. The van der Waals surface area contributed by atoms with Gasteiger partial charge in [-0.25, -0.2) is 4.98 Å². The highest BCUT2D eigenvalue weighted by atomic mass is 35.5. The maximum Gasteiger partial charge on any atom is 0.259 e. The molecule has 2 aliphatic heterocycles. The van der Waals surface area contributed by atoms with Crippen LogP contribution in [0.5, 0.6) is 0 Å². The molecule has 1 aliphatic carbocycles. The Kier molecular flexibility index (Phi) is 5.09. The number of hydrogen-bond acceptors (Lipinski definition) is 6. The van der Waals surface area contributed by atoms with E-state index >= 15 is 0 Å². The molecule has 7 nitrogen and oxygen atoms in total. The molecule has 1 atom stereocenters. The van der Waals surface area contributed by atoms with Gasteiger partial charge >= 0.3 is 0 Å².